The molecule has 0 bridgehead atoms. The number of piperazine rings is 1. The first-order valence-corrected chi connectivity index (χ1v) is 5.00. The standard InChI is InChI=1S/C7H17N3.C2H6/c1-3-8-10-6-4-9(2)5-7-10;1-2/h8H,3-7H2,1-2H3;1-2H3. The number of nitrogens with one attached hydrogen (secondary N) is 1. The van der Waals surface area contributed by atoms with Gasteiger partial charge in [0.1, 0.15) is 0 Å². The van der Waals surface area contributed by atoms with E-state index in [1.54, 1.807) is 0 Å². The molecule has 1 heterocycles. The zero-order chi connectivity index (χ0) is 9.40. The molecule has 1 rings (SSSR count). The molecule has 0 aromatic rings. The minimum Gasteiger partial charge on any atom is -0.304 e. The minimum absolute atomic E-state index is 1.05. The van der Waals surface area contributed by atoms with E-state index in [-0.39, 0.29) is 0 Å². The SMILES string of the molecule is CC.CCNN1CCN(C)CC1. The number of hydrogen-bond acceptors (Lipinski definition) is 3. The van der Waals surface area contributed by atoms with Crippen LogP contribution in [0.3, 0.4) is 0 Å². The molecule has 3 nitrogen and oxygen atoms in total. The summed E-state index contributed by atoms with van der Waals surface area (Å²) in [6.07, 6.45) is 0. The normalized spacial score (nSPS) is 20.0. The summed E-state index contributed by atoms with van der Waals surface area (Å²) in [4.78, 5) is 2.36. The second-order valence-corrected chi connectivity index (χ2v) is 2.80. The summed E-state index contributed by atoms with van der Waals surface area (Å²) in [5, 5.41) is 2.29. The maximum atomic E-state index is 3.31. The van der Waals surface area contributed by atoms with E-state index < -0.39 is 0 Å². The molecule has 0 radical (unpaired) electrons. The van der Waals surface area contributed by atoms with Gasteiger partial charge in [-0.25, -0.2) is 5.01 Å². The molecule has 0 aromatic heterocycles. The highest BCUT2D eigenvalue weighted by atomic mass is 15.5. The van der Waals surface area contributed by atoms with E-state index >= 15 is 0 Å². The molecule has 0 aromatic carbocycles. The number of nitrogens with zero attached hydrogens (tertiary/aromatic N) is 2. The molecule has 0 saturated carbocycles. The van der Waals surface area contributed by atoms with E-state index in [1.807, 2.05) is 13.8 Å². The van der Waals surface area contributed by atoms with Crippen LogP contribution in [-0.2, 0) is 0 Å². The molecule has 0 amide bonds. The van der Waals surface area contributed by atoms with Gasteiger partial charge in [-0.05, 0) is 7.05 Å². The Kier molecular flexibility index (Phi) is 7.45. The van der Waals surface area contributed by atoms with Gasteiger partial charge in [0.25, 0.3) is 0 Å². The molecular formula is C9H23N3. The van der Waals surface area contributed by atoms with Crippen molar-refractivity contribution in [2.45, 2.75) is 20.8 Å². The summed E-state index contributed by atoms with van der Waals surface area (Å²) in [7, 11) is 2.17. The van der Waals surface area contributed by atoms with Crippen LogP contribution in [0.15, 0.2) is 0 Å². The lowest BCUT2D eigenvalue weighted by Gasteiger charge is -2.32. The van der Waals surface area contributed by atoms with E-state index in [0.29, 0.717) is 0 Å². The topological polar surface area (TPSA) is 18.5 Å². The van der Waals surface area contributed by atoms with E-state index in [1.165, 1.54) is 13.1 Å². The summed E-state index contributed by atoms with van der Waals surface area (Å²) in [6, 6.07) is 0. The zero-order valence-corrected chi connectivity index (χ0v) is 8.93. The van der Waals surface area contributed by atoms with Crippen molar-refractivity contribution in [2.75, 3.05) is 39.8 Å². The highest BCUT2D eigenvalue weighted by Crippen LogP contribution is 1.94. The maximum Gasteiger partial charge on any atom is 0.0259 e. The van der Waals surface area contributed by atoms with Crippen molar-refractivity contribution in [1.82, 2.24) is 15.3 Å². The summed E-state index contributed by atoms with van der Waals surface area (Å²) in [5.41, 5.74) is 3.31. The van der Waals surface area contributed by atoms with Crippen LogP contribution in [0.1, 0.15) is 20.8 Å². The first kappa shape index (κ1) is 11.9. The Bertz CT molecular complexity index is 87.8. The van der Waals surface area contributed by atoms with Crippen molar-refractivity contribution in [3.05, 3.63) is 0 Å². The van der Waals surface area contributed by atoms with E-state index in [9.17, 15) is 0 Å². The third-order valence-corrected chi connectivity index (χ3v) is 1.88. The van der Waals surface area contributed by atoms with Gasteiger partial charge in [-0.1, -0.05) is 20.8 Å². The van der Waals surface area contributed by atoms with Crippen LogP contribution >= 0.6 is 0 Å². The fraction of sp³-hybridized carbons (Fsp3) is 1.00. The summed E-state index contributed by atoms with van der Waals surface area (Å²) < 4.78 is 0. The van der Waals surface area contributed by atoms with Crippen molar-refractivity contribution in [2.24, 2.45) is 0 Å². The molecule has 1 saturated heterocycles. The summed E-state index contributed by atoms with van der Waals surface area (Å²) in [5.74, 6) is 0. The lowest BCUT2D eigenvalue weighted by atomic mass is 10.4. The van der Waals surface area contributed by atoms with Crippen LogP contribution in [-0.4, -0.2) is 49.7 Å². The van der Waals surface area contributed by atoms with Crippen LogP contribution in [0.25, 0.3) is 0 Å². The largest absolute Gasteiger partial charge is 0.304 e. The van der Waals surface area contributed by atoms with Gasteiger partial charge in [0, 0.05) is 32.7 Å². The second kappa shape index (κ2) is 7.53. The van der Waals surface area contributed by atoms with Crippen LogP contribution in [0.5, 0.6) is 0 Å². The van der Waals surface area contributed by atoms with Gasteiger partial charge < -0.3 is 4.90 Å². The first-order chi connectivity index (χ1) is 5.83. The number of hydrazine groups is 1. The molecule has 0 unspecified atom stereocenters. The average Bonchev–Trinajstić information content (AvgIpc) is 2.13. The van der Waals surface area contributed by atoms with Crippen LogP contribution in [0.4, 0.5) is 0 Å². The fourth-order valence-electron chi connectivity index (χ4n) is 1.19. The maximum absolute atomic E-state index is 3.31. The molecule has 1 fully saturated rings. The Morgan fingerprint density at radius 1 is 1.08 bits per heavy atom. The van der Waals surface area contributed by atoms with Gasteiger partial charge in [-0.2, -0.15) is 0 Å². The van der Waals surface area contributed by atoms with Crippen LogP contribution < -0.4 is 5.43 Å². The zero-order valence-electron chi connectivity index (χ0n) is 8.93. The number of rotatable bonds is 2. The van der Waals surface area contributed by atoms with Gasteiger partial charge in [-0.15, -0.1) is 0 Å². The van der Waals surface area contributed by atoms with Gasteiger partial charge in [0.05, 0.1) is 0 Å². The third-order valence-electron chi connectivity index (χ3n) is 1.88. The van der Waals surface area contributed by atoms with E-state index in [0.717, 1.165) is 19.6 Å². The van der Waals surface area contributed by atoms with Crippen molar-refractivity contribution in [1.29, 1.82) is 0 Å². The van der Waals surface area contributed by atoms with Gasteiger partial charge >= 0.3 is 0 Å². The molecule has 12 heavy (non-hydrogen) atoms. The Morgan fingerprint density at radius 2 is 1.58 bits per heavy atom. The van der Waals surface area contributed by atoms with E-state index in [4.69, 9.17) is 0 Å². The van der Waals surface area contributed by atoms with Crippen LogP contribution in [0.2, 0.25) is 0 Å². The van der Waals surface area contributed by atoms with Crippen molar-refractivity contribution in [3.63, 3.8) is 0 Å². The fourth-order valence-corrected chi connectivity index (χ4v) is 1.19. The Morgan fingerprint density at radius 3 is 2.00 bits per heavy atom. The van der Waals surface area contributed by atoms with Crippen molar-refractivity contribution >= 4 is 0 Å². The molecule has 1 aliphatic rings. The molecular weight excluding hydrogens is 150 g/mol. The van der Waals surface area contributed by atoms with E-state index in [2.05, 4.69) is 29.3 Å². The van der Waals surface area contributed by atoms with Crippen LogP contribution in [0, 0.1) is 0 Å². The van der Waals surface area contributed by atoms with Gasteiger partial charge in [0.15, 0.2) is 0 Å². The minimum atomic E-state index is 1.05. The molecule has 74 valence electrons. The van der Waals surface area contributed by atoms with Gasteiger partial charge in [-0.3, -0.25) is 5.43 Å². The highest BCUT2D eigenvalue weighted by molar-refractivity contribution is 4.65. The van der Waals surface area contributed by atoms with Gasteiger partial charge in [0.2, 0.25) is 0 Å². The highest BCUT2D eigenvalue weighted by Gasteiger charge is 2.11. The molecule has 0 spiro atoms. The average molecular weight is 173 g/mol. The predicted octanol–water partition coefficient (Wildman–Crippen LogP) is 0.785. The molecule has 0 atom stereocenters. The molecule has 1 N–H and O–H groups in total. The number of hydrogen-bond donors (Lipinski definition) is 1. The molecule has 1 aliphatic heterocycles. The predicted molar refractivity (Wildman–Crippen MR) is 54.1 cm³/mol. The summed E-state index contributed by atoms with van der Waals surface area (Å²) >= 11 is 0. The molecule has 3 heteroatoms. The Balaban J connectivity index is 0.000000561. The molecule has 0 aliphatic carbocycles. The van der Waals surface area contributed by atoms with Crippen molar-refractivity contribution < 1.29 is 0 Å². The van der Waals surface area contributed by atoms with Crippen molar-refractivity contribution in [3.8, 4) is 0 Å². The summed E-state index contributed by atoms with van der Waals surface area (Å²) in [6.45, 7) is 11.9. The lowest BCUT2D eigenvalue weighted by molar-refractivity contribution is 0.107. The smallest absolute Gasteiger partial charge is 0.0259 e. The lowest BCUT2D eigenvalue weighted by Crippen LogP contribution is -2.50. The Labute approximate surface area is 76.7 Å². The third kappa shape index (κ3) is 4.70. The second-order valence-electron chi connectivity index (χ2n) is 2.80. The Hall–Kier alpha value is -0.120. The first-order valence-electron chi connectivity index (χ1n) is 5.00. The monoisotopic (exact) mass is 173 g/mol. The quantitative estimate of drug-likeness (QED) is 0.666. The number of likely N-dealkylation sites (N-methyl/N-ethyl adjacent to an activating group) is 1.